The summed E-state index contributed by atoms with van der Waals surface area (Å²) < 4.78 is 0. The number of carbonyl (C=O) groups excluding carboxylic acids is 1. The Morgan fingerprint density at radius 1 is 1.33 bits per heavy atom. The molecule has 0 bridgehead atoms. The van der Waals surface area contributed by atoms with Gasteiger partial charge in [-0.15, -0.1) is 11.8 Å². The number of nitriles is 1. The van der Waals surface area contributed by atoms with Gasteiger partial charge >= 0.3 is 0 Å². The lowest BCUT2D eigenvalue weighted by Gasteiger charge is -2.13. The van der Waals surface area contributed by atoms with Gasteiger partial charge in [-0.3, -0.25) is 4.79 Å². The molecule has 3 rings (SSSR count). The number of aryl methyl sites for hydroxylation is 1. The van der Waals surface area contributed by atoms with Crippen molar-refractivity contribution in [3.63, 3.8) is 0 Å². The smallest absolute Gasteiger partial charge is 0.232 e. The third kappa shape index (κ3) is 2.65. The van der Waals surface area contributed by atoms with Crippen molar-refractivity contribution in [3.8, 4) is 6.07 Å². The number of nitrogens with zero attached hydrogens (tertiary/aromatic N) is 1. The molecule has 0 saturated heterocycles. The zero-order valence-electron chi connectivity index (χ0n) is 11.6. The van der Waals surface area contributed by atoms with Crippen molar-refractivity contribution in [2.45, 2.75) is 17.7 Å². The second-order valence-electron chi connectivity index (χ2n) is 5.03. The van der Waals surface area contributed by atoms with Crippen molar-refractivity contribution in [2.24, 2.45) is 0 Å². The van der Waals surface area contributed by atoms with E-state index in [1.807, 2.05) is 31.2 Å². The fourth-order valence-electron chi connectivity index (χ4n) is 2.43. The molecule has 1 unspecified atom stereocenters. The van der Waals surface area contributed by atoms with Gasteiger partial charge in [-0.1, -0.05) is 24.3 Å². The van der Waals surface area contributed by atoms with Gasteiger partial charge in [0.1, 0.15) is 0 Å². The molecule has 2 aromatic carbocycles. The second kappa shape index (κ2) is 5.63. The third-order valence-corrected chi connectivity index (χ3v) is 4.82. The summed E-state index contributed by atoms with van der Waals surface area (Å²) in [5, 5.41) is 11.9. The normalized spacial score (nSPS) is 16.1. The average molecular weight is 294 g/mol. The molecule has 1 N–H and O–H groups in total. The molecule has 0 radical (unpaired) electrons. The fourth-order valence-corrected chi connectivity index (χ4v) is 3.65. The minimum absolute atomic E-state index is 0.00867. The molecule has 1 aliphatic heterocycles. The molecule has 104 valence electrons. The standard InChI is InChI=1S/C17H14N2OS/c1-11-6-7-12(9-18)8-15(11)19-17(20)14-10-21-16-5-3-2-4-13(14)16/h2-8,14H,10H2,1H3,(H,19,20). The molecule has 0 fully saturated rings. The van der Waals surface area contributed by atoms with Crippen molar-refractivity contribution in [2.75, 3.05) is 11.1 Å². The summed E-state index contributed by atoms with van der Waals surface area (Å²) in [6, 6.07) is 15.4. The number of nitrogens with one attached hydrogen (secondary N) is 1. The largest absolute Gasteiger partial charge is 0.325 e. The van der Waals surface area contributed by atoms with Crippen LogP contribution in [0, 0.1) is 18.3 Å². The summed E-state index contributed by atoms with van der Waals surface area (Å²) in [7, 11) is 0. The number of amides is 1. The molecule has 1 aliphatic rings. The van der Waals surface area contributed by atoms with Crippen LogP contribution < -0.4 is 5.32 Å². The summed E-state index contributed by atoms with van der Waals surface area (Å²) in [5.41, 5.74) is 3.32. The lowest BCUT2D eigenvalue weighted by atomic mass is 10.00. The lowest BCUT2D eigenvalue weighted by Crippen LogP contribution is -2.21. The summed E-state index contributed by atoms with van der Waals surface area (Å²) in [6.45, 7) is 1.92. The van der Waals surface area contributed by atoms with Crippen molar-refractivity contribution < 1.29 is 4.79 Å². The van der Waals surface area contributed by atoms with Crippen LogP contribution in [-0.4, -0.2) is 11.7 Å². The Morgan fingerprint density at radius 3 is 2.95 bits per heavy atom. The van der Waals surface area contributed by atoms with Crippen LogP contribution in [0.4, 0.5) is 5.69 Å². The Kier molecular flexibility index (Phi) is 3.68. The van der Waals surface area contributed by atoms with Gasteiger partial charge in [0.05, 0.1) is 17.6 Å². The molecule has 4 heteroatoms. The summed E-state index contributed by atoms with van der Waals surface area (Å²) in [5.74, 6) is 0.629. The molecule has 2 aromatic rings. The first-order valence-corrected chi connectivity index (χ1v) is 7.71. The molecule has 1 heterocycles. The predicted octanol–water partition coefficient (Wildman–Crippen LogP) is 3.69. The van der Waals surface area contributed by atoms with E-state index in [0.29, 0.717) is 11.3 Å². The van der Waals surface area contributed by atoms with Gasteiger partial charge in [0, 0.05) is 16.3 Å². The van der Waals surface area contributed by atoms with E-state index in [4.69, 9.17) is 5.26 Å². The van der Waals surface area contributed by atoms with E-state index >= 15 is 0 Å². The second-order valence-corrected chi connectivity index (χ2v) is 6.09. The summed E-state index contributed by atoms with van der Waals surface area (Å²) >= 11 is 1.71. The van der Waals surface area contributed by atoms with Gasteiger partial charge in [-0.2, -0.15) is 5.26 Å². The van der Waals surface area contributed by atoms with Crippen LogP contribution >= 0.6 is 11.8 Å². The molecule has 1 amide bonds. The highest BCUT2D eigenvalue weighted by Crippen LogP contribution is 2.39. The number of hydrogen-bond acceptors (Lipinski definition) is 3. The highest BCUT2D eigenvalue weighted by atomic mass is 32.2. The molecule has 0 spiro atoms. The van der Waals surface area contributed by atoms with Crippen LogP contribution in [0.5, 0.6) is 0 Å². The van der Waals surface area contributed by atoms with E-state index in [2.05, 4.69) is 17.5 Å². The Balaban J connectivity index is 1.84. The summed E-state index contributed by atoms with van der Waals surface area (Å²) in [4.78, 5) is 13.7. The van der Waals surface area contributed by atoms with Crippen LogP contribution in [0.25, 0.3) is 0 Å². The molecule has 0 saturated carbocycles. The number of carbonyl (C=O) groups is 1. The number of thioether (sulfide) groups is 1. The van der Waals surface area contributed by atoms with Crippen molar-refractivity contribution in [1.82, 2.24) is 0 Å². The fraction of sp³-hybridized carbons (Fsp3) is 0.176. The monoisotopic (exact) mass is 294 g/mol. The molecular weight excluding hydrogens is 280 g/mol. The Labute approximate surface area is 128 Å². The van der Waals surface area contributed by atoms with E-state index < -0.39 is 0 Å². The molecule has 21 heavy (non-hydrogen) atoms. The van der Waals surface area contributed by atoms with Gasteiger partial charge in [-0.05, 0) is 36.2 Å². The highest BCUT2D eigenvalue weighted by Gasteiger charge is 2.29. The molecule has 0 aliphatic carbocycles. The van der Waals surface area contributed by atoms with E-state index in [1.165, 1.54) is 4.90 Å². The predicted molar refractivity (Wildman–Crippen MR) is 84.4 cm³/mol. The van der Waals surface area contributed by atoms with E-state index in [9.17, 15) is 4.79 Å². The van der Waals surface area contributed by atoms with Crippen LogP contribution in [-0.2, 0) is 4.79 Å². The summed E-state index contributed by atoms with van der Waals surface area (Å²) in [6.07, 6.45) is 0. The Morgan fingerprint density at radius 2 is 2.14 bits per heavy atom. The Bertz CT molecular complexity index is 749. The first-order valence-electron chi connectivity index (χ1n) is 6.72. The van der Waals surface area contributed by atoms with E-state index in [0.717, 1.165) is 16.9 Å². The maximum Gasteiger partial charge on any atom is 0.232 e. The zero-order chi connectivity index (χ0) is 14.8. The average Bonchev–Trinajstić information content (AvgIpc) is 2.93. The number of fused-ring (bicyclic) bond motifs is 1. The topological polar surface area (TPSA) is 52.9 Å². The van der Waals surface area contributed by atoms with E-state index in [1.54, 1.807) is 23.9 Å². The minimum Gasteiger partial charge on any atom is -0.325 e. The minimum atomic E-state index is -0.128. The lowest BCUT2D eigenvalue weighted by molar-refractivity contribution is -0.117. The van der Waals surface area contributed by atoms with E-state index in [-0.39, 0.29) is 11.8 Å². The number of rotatable bonds is 2. The third-order valence-electron chi connectivity index (χ3n) is 3.64. The maximum atomic E-state index is 12.5. The van der Waals surface area contributed by atoms with Crippen LogP contribution in [0.15, 0.2) is 47.4 Å². The highest BCUT2D eigenvalue weighted by molar-refractivity contribution is 7.99. The quantitative estimate of drug-likeness (QED) is 0.919. The van der Waals surface area contributed by atoms with Crippen LogP contribution in [0.1, 0.15) is 22.6 Å². The van der Waals surface area contributed by atoms with Gasteiger partial charge in [0.2, 0.25) is 5.91 Å². The SMILES string of the molecule is Cc1ccc(C#N)cc1NC(=O)C1CSc2ccccc21. The molecule has 3 nitrogen and oxygen atoms in total. The Hall–Kier alpha value is -2.25. The van der Waals surface area contributed by atoms with Crippen LogP contribution in [0.3, 0.4) is 0 Å². The first kappa shape index (κ1) is 13.7. The number of hydrogen-bond donors (Lipinski definition) is 1. The number of benzene rings is 2. The maximum absolute atomic E-state index is 12.5. The zero-order valence-corrected chi connectivity index (χ0v) is 12.4. The van der Waals surface area contributed by atoms with Crippen molar-refractivity contribution >= 4 is 23.4 Å². The molecule has 1 atom stereocenters. The first-order chi connectivity index (χ1) is 10.2. The van der Waals surface area contributed by atoms with Crippen molar-refractivity contribution in [3.05, 3.63) is 59.2 Å². The van der Waals surface area contributed by atoms with Gasteiger partial charge in [0.15, 0.2) is 0 Å². The van der Waals surface area contributed by atoms with Gasteiger partial charge in [0.25, 0.3) is 0 Å². The van der Waals surface area contributed by atoms with Gasteiger partial charge in [-0.25, -0.2) is 0 Å². The van der Waals surface area contributed by atoms with Crippen LogP contribution in [0.2, 0.25) is 0 Å². The molecule has 0 aromatic heterocycles. The number of anilines is 1. The van der Waals surface area contributed by atoms with Gasteiger partial charge < -0.3 is 5.32 Å². The molecular formula is C17H14N2OS. The van der Waals surface area contributed by atoms with Crippen molar-refractivity contribution in [1.29, 1.82) is 5.26 Å².